The smallest absolute Gasteiger partial charge is 0.0252 e. The maximum absolute atomic E-state index is 5.55. The van der Waals surface area contributed by atoms with E-state index in [0.29, 0.717) is 0 Å². The van der Waals surface area contributed by atoms with E-state index in [-0.39, 0.29) is 5.54 Å². The summed E-state index contributed by atoms with van der Waals surface area (Å²) in [5.74, 6) is 0.812. The van der Waals surface area contributed by atoms with Gasteiger partial charge in [0, 0.05) is 11.3 Å². The molecule has 0 fully saturated rings. The molecule has 0 amide bonds. The number of hydrogen-bond donors (Lipinski definition) is 2. The van der Waals surface area contributed by atoms with Crippen molar-refractivity contribution in [3.05, 3.63) is 0 Å². The molecule has 0 rings (SSSR count). The summed E-state index contributed by atoms with van der Waals surface area (Å²) in [6, 6.07) is 0. The van der Waals surface area contributed by atoms with E-state index < -0.39 is 0 Å². The molecule has 7 heavy (non-hydrogen) atoms. The molecule has 0 saturated heterocycles. The second kappa shape index (κ2) is 2.55. The fourth-order valence-corrected chi connectivity index (χ4v) is 0.644. The molecule has 0 aromatic rings. The lowest BCUT2D eigenvalue weighted by molar-refractivity contribution is 0.591. The third-order valence-corrected chi connectivity index (χ3v) is 1.37. The van der Waals surface area contributed by atoms with Crippen molar-refractivity contribution in [3.8, 4) is 0 Å². The molecule has 3 heteroatoms. The van der Waals surface area contributed by atoms with Gasteiger partial charge in [-0.2, -0.15) is 0 Å². The van der Waals surface area contributed by atoms with E-state index in [1.165, 1.54) is 11.9 Å². The zero-order valence-corrected chi connectivity index (χ0v) is 5.59. The van der Waals surface area contributed by atoms with Crippen molar-refractivity contribution in [1.82, 2.24) is 0 Å². The lowest BCUT2D eigenvalue weighted by atomic mass is 10.1. The first-order chi connectivity index (χ1) is 3.06. The first-order valence-corrected chi connectivity index (χ1v) is 3.22. The summed E-state index contributed by atoms with van der Waals surface area (Å²) >= 11 is 1.28. The van der Waals surface area contributed by atoms with E-state index in [4.69, 9.17) is 10.9 Å². The lowest BCUT2D eigenvalue weighted by Gasteiger charge is -2.14. The molecular weight excluding hydrogens is 108 g/mol. The van der Waals surface area contributed by atoms with Gasteiger partial charge in [-0.25, -0.2) is 0 Å². The normalized spacial score (nSPS) is 12.0. The monoisotopic (exact) mass is 120 g/mol. The fraction of sp³-hybridized carbons (Fsp3) is 1.00. The molecule has 0 aliphatic carbocycles. The minimum absolute atomic E-state index is 0.112. The van der Waals surface area contributed by atoms with Gasteiger partial charge in [-0.15, -0.1) is 0 Å². The largest absolute Gasteiger partial charge is 0.325 e. The second-order valence-electron chi connectivity index (χ2n) is 2.30. The first-order valence-electron chi connectivity index (χ1n) is 2.17. The van der Waals surface area contributed by atoms with E-state index in [1.54, 1.807) is 0 Å². The van der Waals surface area contributed by atoms with Crippen LogP contribution in [0.4, 0.5) is 0 Å². The molecule has 0 bridgehead atoms. The predicted octanol–water partition coefficient (Wildman–Crippen LogP) is 0.331. The molecule has 44 valence electrons. The van der Waals surface area contributed by atoms with Gasteiger partial charge in [0.25, 0.3) is 0 Å². The van der Waals surface area contributed by atoms with Crippen molar-refractivity contribution in [3.63, 3.8) is 0 Å². The van der Waals surface area contributed by atoms with Gasteiger partial charge in [0.1, 0.15) is 0 Å². The van der Waals surface area contributed by atoms with Gasteiger partial charge in [0.15, 0.2) is 0 Å². The highest BCUT2D eigenvalue weighted by molar-refractivity contribution is 7.97. The minimum Gasteiger partial charge on any atom is -0.325 e. The van der Waals surface area contributed by atoms with E-state index in [2.05, 4.69) is 0 Å². The van der Waals surface area contributed by atoms with Crippen LogP contribution in [0.3, 0.4) is 0 Å². The van der Waals surface area contributed by atoms with Crippen LogP contribution in [0, 0.1) is 0 Å². The Morgan fingerprint density at radius 2 is 2.00 bits per heavy atom. The summed E-state index contributed by atoms with van der Waals surface area (Å²) < 4.78 is 0. The molecule has 0 atom stereocenters. The Labute approximate surface area is 48.8 Å². The van der Waals surface area contributed by atoms with Gasteiger partial charge in [-0.05, 0) is 13.8 Å². The van der Waals surface area contributed by atoms with Gasteiger partial charge >= 0.3 is 0 Å². The van der Waals surface area contributed by atoms with Crippen LogP contribution in [0.2, 0.25) is 0 Å². The third kappa shape index (κ3) is 6.27. The predicted molar refractivity (Wildman–Crippen MR) is 34.9 cm³/mol. The summed E-state index contributed by atoms with van der Waals surface area (Å²) in [4.78, 5) is 0. The van der Waals surface area contributed by atoms with Crippen LogP contribution >= 0.6 is 11.9 Å². The maximum atomic E-state index is 5.55. The molecule has 0 aliphatic heterocycles. The van der Waals surface area contributed by atoms with Crippen LogP contribution in [0.15, 0.2) is 0 Å². The zero-order valence-electron chi connectivity index (χ0n) is 4.77. The Balaban J connectivity index is 3.15. The van der Waals surface area contributed by atoms with E-state index in [1.807, 2.05) is 13.8 Å². The maximum Gasteiger partial charge on any atom is 0.0252 e. The summed E-state index contributed by atoms with van der Waals surface area (Å²) in [6.07, 6.45) is 0. The van der Waals surface area contributed by atoms with Gasteiger partial charge in [-0.3, -0.25) is 5.14 Å². The second-order valence-corrected chi connectivity index (χ2v) is 2.92. The fourth-order valence-electron chi connectivity index (χ4n) is 0.215. The molecule has 0 aliphatic rings. The topological polar surface area (TPSA) is 52.0 Å². The summed E-state index contributed by atoms with van der Waals surface area (Å²) in [7, 11) is 0. The average molecular weight is 120 g/mol. The van der Waals surface area contributed by atoms with Crippen LogP contribution in [0.25, 0.3) is 0 Å². The van der Waals surface area contributed by atoms with Gasteiger partial charge in [0.2, 0.25) is 0 Å². The van der Waals surface area contributed by atoms with Crippen LogP contribution in [0.1, 0.15) is 13.8 Å². The number of hydrogen-bond acceptors (Lipinski definition) is 3. The highest BCUT2D eigenvalue weighted by atomic mass is 32.2. The summed E-state index contributed by atoms with van der Waals surface area (Å²) in [5.41, 5.74) is 5.43. The molecule has 0 saturated carbocycles. The SMILES string of the molecule is CC(C)(N)CSN. The lowest BCUT2D eigenvalue weighted by Crippen LogP contribution is -2.35. The van der Waals surface area contributed by atoms with Crippen LogP contribution in [-0.2, 0) is 0 Å². The van der Waals surface area contributed by atoms with Crippen molar-refractivity contribution >= 4 is 11.9 Å². The van der Waals surface area contributed by atoms with Gasteiger partial charge in [0.05, 0.1) is 0 Å². The standard InChI is InChI=1S/C4H12N2S/c1-4(2,5)3-7-6/h3,5-6H2,1-2H3. The molecule has 0 aromatic heterocycles. The van der Waals surface area contributed by atoms with Crippen LogP contribution < -0.4 is 10.9 Å². The van der Waals surface area contributed by atoms with Crippen LogP contribution in [0.5, 0.6) is 0 Å². The van der Waals surface area contributed by atoms with Gasteiger partial charge < -0.3 is 5.73 Å². The average Bonchev–Trinajstić information content (AvgIpc) is 1.30. The molecule has 0 radical (unpaired) electrons. The zero-order chi connectivity index (χ0) is 5.91. The van der Waals surface area contributed by atoms with Crippen molar-refractivity contribution in [2.45, 2.75) is 19.4 Å². The number of rotatable bonds is 2. The highest BCUT2D eigenvalue weighted by Crippen LogP contribution is 2.01. The minimum atomic E-state index is -0.112. The van der Waals surface area contributed by atoms with E-state index in [9.17, 15) is 0 Å². The first kappa shape index (κ1) is 7.27. The molecule has 0 heterocycles. The molecule has 0 unspecified atom stereocenters. The molecular formula is C4H12N2S. The third-order valence-electron chi connectivity index (χ3n) is 0.455. The Kier molecular flexibility index (Phi) is 2.64. The number of nitrogens with two attached hydrogens (primary N) is 2. The van der Waals surface area contributed by atoms with Crippen molar-refractivity contribution < 1.29 is 0 Å². The summed E-state index contributed by atoms with van der Waals surface area (Å²) in [5, 5.41) is 5.15. The van der Waals surface area contributed by atoms with Crippen LogP contribution in [-0.4, -0.2) is 11.3 Å². The Morgan fingerprint density at radius 3 is 2.00 bits per heavy atom. The molecule has 0 spiro atoms. The Hall–Kier alpha value is 0.270. The van der Waals surface area contributed by atoms with E-state index >= 15 is 0 Å². The van der Waals surface area contributed by atoms with Crippen molar-refractivity contribution in [2.24, 2.45) is 10.9 Å². The van der Waals surface area contributed by atoms with Crippen molar-refractivity contribution in [2.75, 3.05) is 5.75 Å². The summed E-state index contributed by atoms with van der Waals surface area (Å²) in [6.45, 7) is 3.90. The molecule has 4 N–H and O–H groups in total. The molecule has 2 nitrogen and oxygen atoms in total. The van der Waals surface area contributed by atoms with Gasteiger partial charge in [-0.1, -0.05) is 11.9 Å². The Morgan fingerprint density at radius 1 is 1.57 bits per heavy atom. The Bertz CT molecular complexity index is 48.1. The quantitative estimate of drug-likeness (QED) is 0.516. The highest BCUT2D eigenvalue weighted by Gasteiger charge is 2.07. The van der Waals surface area contributed by atoms with Crippen molar-refractivity contribution in [1.29, 1.82) is 0 Å². The molecule has 0 aromatic carbocycles. The van der Waals surface area contributed by atoms with E-state index in [0.717, 1.165) is 5.75 Å².